The summed E-state index contributed by atoms with van der Waals surface area (Å²) in [6, 6.07) is 48.2. The van der Waals surface area contributed by atoms with Crippen molar-refractivity contribution < 1.29 is 14.0 Å². The number of pyridine rings is 2. The van der Waals surface area contributed by atoms with Gasteiger partial charge in [0.1, 0.15) is 23.7 Å². The monoisotopic (exact) mass is 818 g/mol. The Balaban J connectivity index is 0.935. The van der Waals surface area contributed by atoms with E-state index in [4.69, 9.17) is 19.4 Å². The van der Waals surface area contributed by atoms with Crippen molar-refractivity contribution in [3.05, 3.63) is 201 Å². The third kappa shape index (κ3) is 5.12. The zero-order valence-electron chi connectivity index (χ0n) is 33.5. The van der Waals surface area contributed by atoms with Crippen LogP contribution in [0.1, 0.15) is 0 Å². The van der Waals surface area contributed by atoms with Crippen LogP contribution in [0.25, 0.3) is 0 Å². The van der Waals surface area contributed by atoms with Gasteiger partial charge >= 0.3 is 0 Å². The summed E-state index contributed by atoms with van der Waals surface area (Å²) in [4.78, 5) is 15.2. The molecule has 2 aliphatic carbocycles. The predicted octanol–water partition coefficient (Wildman–Crippen LogP) is 4.56. The van der Waals surface area contributed by atoms with Crippen LogP contribution in [0.5, 0.6) is 11.5 Å². The first kappa shape index (κ1) is 35.7. The number of para-hydroxylation sites is 4. The second-order valence-corrected chi connectivity index (χ2v) is 19.3. The maximum Gasteiger partial charge on any atom is 0.266 e. The lowest BCUT2D eigenvalue weighted by Gasteiger charge is -2.42. The molecule has 10 heteroatoms. The maximum absolute atomic E-state index is 16.4. The van der Waals surface area contributed by atoms with E-state index in [1.165, 1.54) is 0 Å². The average Bonchev–Trinajstić information content (AvgIpc) is 3.33. The Labute approximate surface area is 360 Å². The Morgan fingerprint density at radius 2 is 0.903 bits per heavy atom. The average molecular weight is 818 g/mol. The summed E-state index contributed by atoms with van der Waals surface area (Å²) < 4.78 is 29.3. The van der Waals surface area contributed by atoms with Crippen molar-refractivity contribution in [1.29, 1.82) is 0 Å². The first-order valence-electron chi connectivity index (χ1n) is 21.3. The highest BCUT2D eigenvalue weighted by molar-refractivity contribution is 7.88. The van der Waals surface area contributed by atoms with Crippen LogP contribution in [0.3, 0.4) is 0 Å². The SMILES string of the molecule is O=P12c3ccccc3B(c3ccc(N4c5ccccc5OC5C=CC=CC54)cn3)c3cccc(c31)B(c1ccc(N3c4ccccc4OC4C=CC=CC43)cn1)c1ccccc12. The van der Waals surface area contributed by atoms with Gasteiger partial charge in [-0.25, -0.2) is 0 Å². The molecule has 6 heterocycles. The molecular formula is C52H37B2N4O3P. The van der Waals surface area contributed by atoms with Gasteiger partial charge in [0, 0.05) is 39.5 Å². The zero-order valence-corrected chi connectivity index (χ0v) is 34.4. The van der Waals surface area contributed by atoms with Gasteiger partial charge in [-0.3, -0.25) is 9.97 Å². The lowest BCUT2D eigenvalue weighted by atomic mass is 9.34. The smallest absolute Gasteiger partial charge is 0.266 e. The van der Waals surface area contributed by atoms with Crippen molar-refractivity contribution in [1.82, 2.24) is 9.97 Å². The van der Waals surface area contributed by atoms with Crippen LogP contribution >= 0.6 is 7.14 Å². The van der Waals surface area contributed by atoms with Crippen molar-refractivity contribution in [2.45, 2.75) is 24.3 Å². The highest BCUT2D eigenvalue weighted by atomic mass is 31.2. The fourth-order valence-electron chi connectivity index (χ4n) is 10.8. The van der Waals surface area contributed by atoms with Crippen LogP contribution in [0.15, 0.2) is 201 Å². The molecule has 0 spiro atoms. The Kier molecular flexibility index (Phi) is 7.89. The molecule has 0 radical (unpaired) electrons. The highest BCUT2D eigenvalue weighted by Gasteiger charge is 2.51. The quantitative estimate of drug-likeness (QED) is 0.191. The molecule has 0 bridgehead atoms. The minimum absolute atomic E-state index is 0.00694. The topological polar surface area (TPSA) is 67.8 Å². The van der Waals surface area contributed by atoms with Crippen molar-refractivity contribution in [3.8, 4) is 11.5 Å². The number of ether oxygens (including phenoxy) is 2. The summed E-state index contributed by atoms with van der Waals surface area (Å²) in [6.07, 6.45) is 20.7. The number of anilines is 4. The molecule has 13 rings (SSSR count). The highest BCUT2D eigenvalue weighted by Crippen LogP contribution is 2.45. The van der Waals surface area contributed by atoms with Gasteiger partial charge in [-0.1, -0.05) is 149 Å². The molecule has 5 aromatic carbocycles. The summed E-state index contributed by atoms with van der Waals surface area (Å²) >= 11 is 0. The van der Waals surface area contributed by atoms with Gasteiger partial charge in [0.2, 0.25) is 0 Å². The molecular weight excluding hydrogens is 781 g/mol. The minimum Gasteiger partial charge on any atom is -0.482 e. The number of nitrogens with zero attached hydrogens (tertiary/aromatic N) is 4. The van der Waals surface area contributed by atoms with Crippen molar-refractivity contribution in [2.75, 3.05) is 9.80 Å². The molecule has 0 saturated heterocycles. The molecule has 62 heavy (non-hydrogen) atoms. The number of benzene rings is 5. The molecule has 7 aromatic rings. The van der Waals surface area contributed by atoms with Crippen LogP contribution in [-0.4, -0.2) is 47.7 Å². The van der Waals surface area contributed by atoms with Crippen LogP contribution in [0.2, 0.25) is 0 Å². The largest absolute Gasteiger partial charge is 0.482 e. The number of aromatic nitrogens is 2. The molecule has 4 unspecified atom stereocenters. The fraction of sp³-hybridized carbons (Fsp3) is 0.0769. The number of rotatable bonds is 4. The third-order valence-electron chi connectivity index (χ3n) is 13.4. The van der Waals surface area contributed by atoms with E-state index in [2.05, 4.69) is 149 Å². The number of hydrogen-bond donors (Lipinski definition) is 0. The van der Waals surface area contributed by atoms with Gasteiger partial charge in [0.15, 0.2) is 7.14 Å². The van der Waals surface area contributed by atoms with Crippen LogP contribution < -0.4 is 68.2 Å². The first-order chi connectivity index (χ1) is 30.6. The molecule has 2 aromatic heterocycles. The van der Waals surface area contributed by atoms with Crippen LogP contribution in [0, 0.1) is 0 Å². The van der Waals surface area contributed by atoms with E-state index in [-0.39, 0.29) is 37.7 Å². The Bertz CT molecular complexity index is 2950. The zero-order chi connectivity index (χ0) is 40.9. The lowest BCUT2D eigenvalue weighted by molar-refractivity contribution is 0.218. The fourth-order valence-corrected chi connectivity index (χ4v) is 14.4. The van der Waals surface area contributed by atoms with Gasteiger partial charge in [0.25, 0.3) is 13.4 Å². The minimum atomic E-state index is -3.33. The number of hydrogen-bond acceptors (Lipinski definition) is 7. The van der Waals surface area contributed by atoms with Crippen molar-refractivity contribution in [3.63, 3.8) is 0 Å². The van der Waals surface area contributed by atoms with Gasteiger partial charge in [-0.05, 0) is 60.7 Å². The Hall–Kier alpha value is -7.08. The van der Waals surface area contributed by atoms with E-state index in [1.807, 2.05) is 60.9 Å². The van der Waals surface area contributed by atoms with Crippen LogP contribution in [0.4, 0.5) is 22.7 Å². The molecule has 0 saturated carbocycles. The standard InChI is InChI=1S/C52H37B2N4O3P/c59-62-48-26-11-1-14-36(48)53(50-30-28-34(32-55-50)57-40-18-3-7-22-44(40)60-45-23-8-4-19-41(45)57)38-16-13-17-39(52(38)62)54(37-15-2-12-27-49(37)62)51-31-29-35(33-56-51)58-42-20-5-9-24-46(42)61-47-25-10-6-21-43(47)58/h1-33,40,42,44,46H. The van der Waals surface area contributed by atoms with E-state index in [1.54, 1.807) is 0 Å². The lowest BCUT2D eigenvalue weighted by Crippen LogP contribution is -2.75. The van der Waals surface area contributed by atoms with E-state index in [0.717, 1.165) is 83.2 Å². The molecule has 4 atom stereocenters. The molecule has 0 fully saturated rings. The number of allylic oxidation sites excluding steroid dienone is 4. The summed E-state index contributed by atoms with van der Waals surface area (Å²) in [6.45, 7) is -0.458. The maximum atomic E-state index is 16.4. The Morgan fingerprint density at radius 1 is 0.468 bits per heavy atom. The van der Waals surface area contributed by atoms with Gasteiger partial charge in [0.05, 0.1) is 34.8 Å². The third-order valence-corrected chi connectivity index (χ3v) is 16.7. The summed E-state index contributed by atoms with van der Waals surface area (Å²) in [5, 5.41) is 2.67. The predicted molar refractivity (Wildman–Crippen MR) is 254 cm³/mol. The van der Waals surface area contributed by atoms with Crippen molar-refractivity contribution in [2.24, 2.45) is 0 Å². The van der Waals surface area contributed by atoms with E-state index < -0.39 is 7.14 Å². The normalized spacial score (nSPS) is 22.8. The number of fused-ring (bicyclic) bond motifs is 8. The van der Waals surface area contributed by atoms with E-state index in [0.29, 0.717) is 0 Å². The molecule has 294 valence electrons. The molecule has 6 aliphatic rings. The van der Waals surface area contributed by atoms with Gasteiger partial charge in [-0.2, -0.15) is 0 Å². The molecule has 0 N–H and O–H groups in total. The second-order valence-electron chi connectivity index (χ2n) is 16.6. The van der Waals surface area contributed by atoms with E-state index in [9.17, 15) is 0 Å². The molecule has 0 amide bonds. The second kappa shape index (κ2) is 13.7. The summed E-state index contributed by atoms with van der Waals surface area (Å²) in [7, 11) is -3.33. The van der Waals surface area contributed by atoms with Gasteiger partial charge in [-0.15, -0.1) is 0 Å². The van der Waals surface area contributed by atoms with Crippen LogP contribution in [-0.2, 0) is 4.57 Å². The van der Waals surface area contributed by atoms with E-state index >= 15 is 4.57 Å². The molecule has 7 nitrogen and oxygen atoms in total. The summed E-state index contributed by atoms with van der Waals surface area (Å²) in [5.41, 5.74) is 9.94. The first-order valence-corrected chi connectivity index (χ1v) is 23.0. The molecule has 4 aliphatic heterocycles. The van der Waals surface area contributed by atoms with Crippen molar-refractivity contribution >= 4 is 92.3 Å². The summed E-state index contributed by atoms with van der Waals surface area (Å²) in [5.74, 6) is 1.70. The Morgan fingerprint density at radius 3 is 1.39 bits per heavy atom. The van der Waals surface area contributed by atoms with Gasteiger partial charge < -0.3 is 23.8 Å².